The summed E-state index contributed by atoms with van der Waals surface area (Å²) in [6.07, 6.45) is 11.2. The van der Waals surface area contributed by atoms with E-state index in [1.165, 1.54) is 6.42 Å². The highest BCUT2D eigenvalue weighted by atomic mass is 16.5. The molecule has 0 unspecified atom stereocenters. The average Bonchev–Trinajstić information content (AvgIpc) is 3.41. The normalized spacial score (nSPS) is 20.8. The third kappa shape index (κ3) is 3.07. The summed E-state index contributed by atoms with van der Waals surface area (Å²) < 4.78 is 8.03. The zero-order valence-electron chi connectivity index (χ0n) is 18.0. The Labute approximate surface area is 181 Å². The van der Waals surface area contributed by atoms with Gasteiger partial charge < -0.3 is 9.64 Å². The van der Waals surface area contributed by atoms with E-state index in [0.717, 1.165) is 72.0 Å². The van der Waals surface area contributed by atoms with Crippen LogP contribution < -0.4 is 4.90 Å². The van der Waals surface area contributed by atoms with Crippen molar-refractivity contribution in [2.45, 2.75) is 39.2 Å². The fourth-order valence-corrected chi connectivity index (χ4v) is 5.33. The summed E-state index contributed by atoms with van der Waals surface area (Å²) in [5.41, 5.74) is 6.15. The molecule has 0 bridgehead atoms. The van der Waals surface area contributed by atoms with Gasteiger partial charge in [-0.2, -0.15) is 0 Å². The van der Waals surface area contributed by atoms with Crippen LogP contribution in [0.15, 0.2) is 43.0 Å². The van der Waals surface area contributed by atoms with E-state index in [0.29, 0.717) is 11.5 Å². The Bertz CT molecular complexity index is 1270. The minimum absolute atomic E-state index is 0.352. The van der Waals surface area contributed by atoms with Gasteiger partial charge in [0, 0.05) is 43.4 Å². The molecule has 0 N–H and O–H groups in total. The Morgan fingerprint density at radius 1 is 1.03 bits per heavy atom. The summed E-state index contributed by atoms with van der Waals surface area (Å²) in [6.45, 7) is 7.17. The number of aromatic nitrogens is 5. The lowest BCUT2D eigenvalue weighted by Gasteiger charge is -2.39. The van der Waals surface area contributed by atoms with Gasteiger partial charge in [0.05, 0.1) is 29.4 Å². The SMILES string of the molecule is Cc1nc(N2CCC3(CC2)CO[C@@H](C)C3)n2ccnc2c1-c1ccc2nccnc2c1. The quantitative estimate of drug-likeness (QED) is 0.493. The Hall–Kier alpha value is -3.06. The minimum atomic E-state index is 0.352. The highest BCUT2D eigenvalue weighted by Gasteiger charge is 2.41. The van der Waals surface area contributed by atoms with Gasteiger partial charge in [0.15, 0.2) is 0 Å². The summed E-state index contributed by atoms with van der Waals surface area (Å²) in [5.74, 6) is 0.983. The molecule has 0 amide bonds. The van der Waals surface area contributed by atoms with Gasteiger partial charge in [-0.05, 0) is 56.2 Å². The molecule has 5 heterocycles. The molecule has 3 aromatic heterocycles. The number of rotatable bonds is 2. The molecule has 2 fully saturated rings. The van der Waals surface area contributed by atoms with Gasteiger partial charge in [-0.25, -0.2) is 9.97 Å². The van der Waals surface area contributed by atoms with Crippen molar-refractivity contribution in [3.8, 4) is 11.1 Å². The van der Waals surface area contributed by atoms with Crippen LogP contribution in [0.5, 0.6) is 0 Å². The number of hydrogen-bond donors (Lipinski definition) is 0. The number of imidazole rings is 1. The zero-order chi connectivity index (χ0) is 21.0. The van der Waals surface area contributed by atoms with Crippen LogP contribution in [0.25, 0.3) is 27.8 Å². The van der Waals surface area contributed by atoms with Crippen molar-refractivity contribution >= 4 is 22.6 Å². The van der Waals surface area contributed by atoms with Gasteiger partial charge in [0.2, 0.25) is 5.95 Å². The van der Waals surface area contributed by atoms with Gasteiger partial charge >= 0.3 is 0 Å². The molecule has 6 rings (SSSR count). The molecule has 1 spiro atoms. The van der Waals surface area contributed by atoms with Crippen LogP contribution in [0, 0.1) is 12.3 Å². The maximum atomic E-state index is 5.90. The van der Waals surface area contributed by atoms with Crippen molar-refractivity contribution in [1.29, 1.82) is 0 Å². The molecule has 0 saturated carbocycles. The summed E-state index contributed by atoms with van der Waals surface area (Å²) in [4.78, 5) is 21.0. The van der Waals surface area contributed by atoms with Crippen molar-refractivity contribution in [2.24, 2.45) is 5.41 Å². The predicted octanol–water partition coefficient (Wildman–Crippen LogP) is 4.04. The molecule has 0 aliphatic carbocycles. The molecular weight excluding hydrogens is 388 g/mol. The highest BCUT2D eigenvalue weighted by Crippen LogP contribution is 2.42. The maximum Gasteiger partial charge on any atom is 0.211 e. The van der Waals surface area contributed by atoms with Crippen LogP contribution in [-0.2, 0) is 4.74 Å². The number of piperidine rings is 1. The highest BCUT2D eigenvalue weighted by molar-refractivity contribution is 5.87. The molecule has 1 atom stereocenters. The summed E-state index contributed by atoms with van der Waals surface area (Å²) in [6, 6.07) is 6.17. The maximum absolute atomic E-state index is 5.90. The number of aryl methyl sites for hydroxylation is 1. The Morgan fingerprint density at radius 3 is 2.61 bits per heavy atom. The van der Waals surface area contributed by atoms with Crippen molar-refractivity contribution in [1.82, 2.24) is 24.3 Å². The van der Waals surface area contributed by atoms with Crippen LogP contribution >= 0.6 is 0 Å². The van der Waals surface area contributed by atoms with Gasteiger partial charge in [-0.15, -0.1) is 0 Å². The zero-order valence-corrected chi connectivity index (χ0v) is 18.0. The molecule has 7 heteroatoms. The van der Waals surface area contributed by atoms with Crippen LogP contribution in [0.2, 0.25) is 0 Å². The third-order valence-electron chi connectivity index (χ3n) is 6.97. The second-order valence-corrected chi connectivity index (χ2v) is 9.07. The number of fused-ring (bicyclic) bond motifs is 2. The molecule has 0 radical (unpaired) electrons. The van der Waals surface area contributed by atoms with Gasteiger partial charge in [0.25, 0.3) is 0 Å². The first kappa shape index (κ1) is 18.7. The third-order valence-corrected chi connectivity index (χ3v) is 6.97. The lowest BCUT2D eigenvalue weighted by Crippen LogP contribution is -2.41. The second kappa shape index (κ2) is 6.99. The number of anilines is 1. The Morgan fingerprint density at radius 2 is 1.84 bits per heavy atom. The molecule has 158 valence electrons. The molecule has 1 aromatic carbocycles. The molecule has 7 nitrogen and oxygen atoms in total. The Balaban J connectivity index is 1.38. The largest absolute Gasteiger partial charge is 0.378 e. The van der Waals surface area contributed by atoms with Crippen molar-refractivity contribution in [3.05, 3.63) is 48.7 Å². The number of ether oxygens (including phenoxy) is 1. The predicted molar refractivity (Wildman–Crippen MR) is 120 cm³/mol. The van der Waals surface area contributed by atoms with E-state index < -0.39 is 0 Å². The Kier molecular flexibility index (Phi) is 4.21. The topological polar surface area (TPSA) is 68.4 Å². The number of hydrogen-bond acceptors (Lipinski definition) is 6. The molecule has 2 aliphatic heterocycles. The molecule has 2 aliphatic rings. The molecule has 31 heavy (non-hydrogen) atoms. The lowest BCUT2D eigenvalue weighted by atomic mass is 9.77. The molecule has 4 aromatic rings. The molecule has 2 saturated heterocycles. The van der Waals surface area contributed by atoms with Crippen LogP contribution in [0.3, 0.4) is 0 Å². The van der Waals surface area contributed by atoms with Gasteiger partial charge in [0.1, 0.15) is 5.65 Å². The van der Waals surface area contributed by atoms with E-state index in [2.05, 4.69) is 45.2 Å². The monoisotopic (exact) mass is 414 g/mol. The van der Waals surface area contributed by atoms with Gasteiger partial charge in [-0.3, -0.25) is 14.4 Å². The van der Waals surface area contributed by atoms with E-state index in [1.807, 2.05) is 18.5 Å². The summed E-state index contributed by atoms with van der Waals surface area (Å²) >= 11 is 0. The second-order valence-electron chi connectivity index (χ2n) is 9.07. The summed E-state index contributed by atoms with van der Waals surface area (Å²) in [5, 5.41) is 0. The van der Waals surface area contributed by atoms with Crippen molar-refractivity contribution in [2.75, 3.05) is 24.6 Å². The molecular formula is C24H26N6O. The number of nitrogens with zero attached hydrogens (tertiary/aromatic N) is 6. The van der Waals surface area contributed by atoms with E-state index >= 15 is 0 Å². The minimum Gasteiger partial charge on any atom is -0.378 e. The lowest BCUT2D eigenvalue weighted by molar-refractivity contribution is 0.0975. The van der Waals surface area contributed by atoms with E-state index in [1.54, 1.807) is 12.4 Å². The number of benzene rings is 1. The first-order valence-corrected chi connectivity index (χ1v) is 11.0. The fraction of sp³-hybridized carbons (Fsp3) is 0.417. The van der Waals surface area contributed by atoms with Crippen LogP contribution in [-0.4, -0.2) is 50.1 Å². The first-order chi connectivity index (χ1) is 15.1. The average molecular weight is 415 g/mol. The van der Waals surface area contributed by atoms with Crippen molar-refractivity contribution < 1.29 is 4.74 Å². The van der Waals surface area contributed by atoms with Crippen molar-refractivity contribution in [3.63, 3.8) is 0 Å². The summed E-state index contributed by atoms with van der Waals surface area (Å²) in [7, 11) is 0. The van der Waals surface area contributed by atoms with E-state index in [-0.39, 0.29) is 0 Å². The standard InChI is InChI=1S/C24H26N6O/c1-16-14-24(15-31-16)5-10-29(11-6-24)23-28-17(2)21(22-27-9-12-30(22)23)18-3-4-19-20(13-18)26-8-7-25-19/h3-4,7-9,12-13,16H,5-6,10-11,14-15H2,1-2H3/t16-/m0/s1. The van der Waals surface area contributed by atoms with Crippen LogP contribution in [0.1, 0.15) is 31.9 Å². The van der Waals surface area contributed by atoms with E-state index in [9.17, 15) is 0 Å². The first-order valence-electron chi connectivity index (χ1n) is 11.0. The smallest absolute Gasteiger partial charge is 0.211 e. The van der Waals surface area contributed by atoms with Crippen LogP contribution in [0.4, 0.5) is 5.95 Å². The fourth-order valence-electron chi connectivity index (χ4n) is 5.33. The van der Waals surface area contributed by atoms with E-state index in [4.69, 9.17) is 14.7 Å². The van der Waals surface area contributed by atoms with Gasteiger partial charge in [-0.1, -0.05) is 6.07 Å².